The molecule has 0 radical (unpaired) electrons. The highest BCUT2D eigenvalue weighted by atomic mass is 32.1. The van der Waals surface area contributed by atoms with Crippen molar-refractivity contribution in [1.82, 2.24) is 4.98 Å². The Morgan fingerprint density at radius 3 is 2.73 bits per heavy atom. The molecule has 0 saturated carbocycles. The van der Waals surface area contributed by atoms with Crippen LogP contribution in [0.4, 0.5) is 22.3 Å². The standard InChI is InChI=1S/C13H12N6O2S/c1-6-8(5-14)12(22-11(6)13(20)21-2)19-18-10-4-7(15)3-9(16)17-10/h3-4H,1-2H3,(H4,15,16,17)/b19-18+. The predicted molar refractivity (Wildman–Crippen MR) is 82.3 cm³/mol. The lowest BCUT2D eigenvalue weighted by Gasteiger charge is -1.97. The van der Waals surface area contributed by atoms with Crippen LogP contribution in [0.15, 0.2) is 22.4 Å². The Labute approximate surface area is 130 Å². The average molecular weight is 316 g/mol. The summed E-state index contributed by atoms with van der Waals surface area (Å²) in [7, 11) is 1.27. The third kappa shape index (κ3) is 3.02. The molecular weight excluding hydrogens is 304 g/mol. The number of nitrogen functional groups attached to an aromatic ring is 2. The Morgan fingerprint density at radius 1 is 1.41 bits per heavy atom. The third-order valence-corrected chi connectivity index (χ3v) is 3.86. The number of nitrogens with zero attached hydrogens (tertiary/aromatic N) is 4. The fourth-order valence-electron chi connectivity index (χ4n) is 1.69. The molecule has 2 heterocycles. The molecule has 4 N–H and O–H groups in total. The number of hydrogen-bond acceptors (Lipinski definition) is 9. The maximum Gasteiger partial charge on any atom is 0.348 e. The number of azo groups is 1. The predicted octanol–water partition coefficient (Wildman–Crippen LogP) is 2.69. The summed E-state index contributed by atoms with van der Waals surface area (Å²) in [5, 5.41) is 17.4. The number of hydrogen-bond donors (Lipinski definition) is 2. The zero-order chi connectivity index (χ0) is 16.3. The normalized spacial score (nSPS) is 10.6. The summed E-state index contributed by atoms with van der Waals surface area (Å²) in [6.07, 6.45) is 0. The van der Waals surface area contributed by atoms with Crippen LogP contribution in [0.2, 0.25) is 0 Å². The van der Waals surface area contributed by atoms with Gasteiger partial charge in [0, 0.05) is 17.8 Å². The molecule has 112 valence electrons. The first kappa shape index (κ1) is 15.4. The van der Waals surface area contributed by atoms with Crippen LogP contribution in [0.3, 0.4) is 0 Å². The van der Waals surface area contributed by atoms with Gasteiger partial charge in [0.15, 0.2) is 10.8 Å². The molecule has 0 spiro atoms. The molecule has 8 nitrogen and oxygen atoms in total. The van der Waals surface area contributed by atoms with Gasteiger partial charge < -0.3 is 16.2 Å². The SMILES string of the molecule is COC(=O)c1sc(/N=N/c2cc(N)cc(N)n2)c(C#N)c1C. The highest BCUT2D eigenvalue weighted by Gasteiger charge is 2.20. The Morgan fingerprint density at radius 2 is 2.14 bits per heavy atom. The molecule has 0 bridgehead atoms. The van der Waals surface area contributed by atoms with Crippen LogP contribution in [0.1, 0.15) is 20.8 Å². The summed E-state index contributed by atoms with van der Waals surface area (Å²) in [6.45, 7) is 1.65. The molecule has 0 aliphatic rings. The number of esters is 1. The second-order valence-electron chi connectivity index (χ2n) is 4.22. The second-order valence-corrected chi connectivity index (χ2v) is 5.22. The topological polar surface area (TPSA) is 140 Å². The number of anilines is 2. The number of nitrogens with two attached hydrogens (primary N) is 2. The number of nitriles is 1. The first-order chi connectivity index (χ1) is 10.5. The number of pyridine rings is 1. The second kappa shape index (κ2) is 6.19. The van der Waals surface area contributed by atoms with Gasteiger partial charge in [-0.3, -0.25) is 0 Å². The minimum absolute atomic E-state index is 0.215. The van der Waals surface area contributed by atoms with Gasteiger partial charge in [-0.15, -0.1) is 21.6 Å². The molecule has 0 aliphatic heterocycles. The lowest BCUT2D eigenvalue weighted by atomic mass is 10.2. The zero-order valence-electron chi connectivity index (χ0n) is 11.8. The van der Waals surface area contributed by atoms with Crippen LogP contribution < -0.4 is 11.5 Å². The summed E-state index contributed by atoms with van der Waals surface area (Å²) >= 11 is 1.02. The fraction of sp³-hybridized carbons (Fsp3) is 0.154. The Hall–Kier alpha value is -2.99. The molecule has 0 amide bonds. The third-order valence-electron chi connectivity index (χ3n) is 2.71. The first-order valence-corrected chi connectivity index (χ1v) is 6.84. The van der Waals surface area contributed by atoms with E-state index in [2.05, 4.69) is 19.9 Å². The van der Waals surface area contributed by atoms with Crippen LogP contribution in [0, 0.1) is 18.3 Å². The highest BCUT2D eigenvalue weighted by Crippen LogP contribution is 2.36. The fourth-order valence-corrected chi connectivity index (χ4v) is 2.69. The molecule has 22 heavy (non-hydrogen) atoms. The molecule has 0 aliphatic carbocycles. The zero-order valence-corrected chi connectivity index (χ0v) is 12.6. The van der Waals surface area contributed by atoms with Gasteiger partial charge in [0.2, 0.25) is 0 Å². The van der Waals surface area contributed by atoms with Gasteiger partial charge in [-0.2, -0.15) is 5.26 Å². The van der Waals surface area contributed by atoms with Crippen LogP contribution in [-0.2, 0) is 4.74 Å². The summed E-state index contributed by atoms with van der Waals surface area (Å²) < 4.78 is 4.67. The van der Waals surface area contributed by atoms with Gasteiger partial charge in [0.25, 0.3) is 0 Å². The van der Waals surface area contributed by atoms with Crippen molar-refractivity contribution < 1.29 is 9.53 Å². The van der Waals surface area contributed by atoms with Crippen molar-refractivity contribution in [2.75, 3.05) is 18.6 Å². The van der Waals surface area contributed by atoms with Crippen LogP contribution in [-0.4, -0.2) is 18.1 Å². The minimum Gasteiger partial charge on any atom is -0.465 e. The number of ether oxygens (including phenoxy) is 1. The molecule has 0 fully saturated rings. The van der Waals surface area contributed by atoms with Crippen molar-refractivity contribution in [2.45, 2.75) is 6.92 Å². The largest absolute Gasteiger partial charge is 0.465 e. The molecule has 0 aromatic carbocycles. The van der Waals surface area contributed by atoms with Gasteiger partial charge >= 0.3 is 5.97 Å². The maximum absolute atomic E-state index is 11.6. The number of aromatic nitrogens is 1. The monoisotopic (exact) mass is 316 g/mol. The first-order valence-electron chi connectivity index (χ1n) is 6.02. The smallest absolute Gasteiger partial charge is 0.348 e. The summed E-state index contributed by atoms with van der Waals surface area (Å²) in [5.41, 5.74) is 12.4. The van der Waals surface area contributed by atoms with E-state index in [-0.39, 0.29) is 17.2 Å². The van der Waals surface area contributed by atoms with Crippen molar-refractivity contribution >= 4 is 39.6 Å². The number of methoxy groups -OCH3 is 1. The number of rotatable bonds is 3. The van der Waals surface area contributed by atoms with Gasteiger partial charge in [0.05, 0.1) is 12.7 Å². The van der Waals surface area contributed by atoms with E-state index in [9.17, 15) is 10.1 Å². The van der Waals surface area contributed by atoms with Gasteiger partial charge in [-0.05, 0) is 12.5 Å². The summed E-state index contributed by atoms with van der Waals surface area (Å²) in [4.78, 5) is 15.9. The van der Waals surface area contributed by atoms with Crippen molar-refractivity contribution in [3.63, 3.8) is 0 Å². The van der Waals surface area contributed by atoms with E-state index in [0.29, 0.717) is 21.1 Å². The molecule has 9 heteroatoms. The lowest BCUT2D eigenvalue weighted by Crippen LogP contribution is -1.99. The number of thiophene rings is 1. The molecule has 2 rings (SSSR count). The minimum atomic E-state index is -0.522. The van der Waals surface area contributed by atoms with E-state index < -0.39 is 5.97 Å². The van der Waals surface area contributed by atoms with Gasteiger partial charge in [-0.25, -0.2) is 9.78 Å². The van der Waals surface area contributed by atoms with Crippen molar-refractivity contribution in [3.8, 4) is 6.07 Å². The molecular formula is C13H12N6O2S. The van der Waals surface area contributed by atoms with E-state index in [1.165, 1.54) is 19.2 Å². The Bertz CT molecular complexity index is 785. The Balaban J connectivity index is 2.43. The molecule has 2 aromatic rings. The van der Waals surface area contributed by atoms with Crippen LogP contribution in [0.25, 0.3) is 0 Å². The van der Waals surface area contributed by atoms with Gasteiger partial charge in [0.1, 0.15) is 16.8 Å². The van der Waals surface area contributed by atoms with Crippen molar-refractivity contribution in [1.29, 1.82) is 5.26 Å². The van der Waals surface area contributed by atoms with Crippen molar-refractivity contribution in [2.24, 2.45) is 10.2 Å². The quantitative estimate of drug-likeness (QED) is 0.659. The van der Waals surface area contributed by atoms with Crippen molar-refractivity contribution in [3.05, 3.63) is 28.1 Å². The van der Waals surface area contributed by atoms with E-state index in [4.69, 9.17) is 11.5 Å². The van der Waals surface area contributed by atoms with Gasteiger partial charge in [-0.1, -0.05) is 0 Å². The van der Waals surface area contributed by atoms with E-state index in [1.54, 1.807) is 6.92 Å². The maximum atomic E-state index is 11.6. The molecule has 2 aromatic heterocycles. The molecule has 0 saturated heterocycles. The Kier molecular flexibility index (Phi) is 4.33. The van der Waals surface area contributed by atoms with Crippen LogP contribution >= 0.6 is 11.3 Å². The number of carbonyl (C=O) groups is 1. The average Bonchev–Trinajstić information content (AvgIpc) is 2.79. The number of carbonyl (C=O) groups excluding carboxylic acids is 1. The lowest BCUT2D eigenvalue weighted by molar-refractivity contribution is 0.0605. The molecule has 0 unspecified atom stereocenters. The summed E-state index contributed by atoms with van der Waals surface area (Å²) in [6, 6.07) is 4.99. The van der Waals surface area contributed by atoms with E-state index in [1.807, 2.05) is 6.07 Å². The van der Waals surface area contributed by atoms with E-state index in [0.717, 1.165) is 11.3 Å². The van der Waals surface area contributed by atoms with E-state index >= 15 is 0 Å². The molecule has 0 atom stereocenters. The highest BCUT2D eigenvalue weighted by molar-refractivity contribution is 7.18. The summed E-state index contributed by atoms with van der Waals surface area (Å²) in [5.74, 6) is -0.0918. The van der Waals surface area contributed by atoms with Crippen LogP contribution in [0.5, 0.6) is 0 Å².